The number of nitrogens with zero attached hydrogens (tertiary/aromatic N) is 2. The molecule has 3 aromatic rings. The van der Waals surface area contributed by atoms with E-state index >= 15 is 0 Å². The number of benzene rings is 2. The maximum atomic E-state index is 12.9. The van der Waals surface area contributed by atoms with Gasteiger partial charge >= 0.3 is 0 Å². The number of hydrogen-bond acceptors (Lipinski definition) is 5. The van der Waals surface area contributed by atoms with Crippen LogP contribution in [0.25, 0.3) is 11.4 Å². The zero-order valence-corrected chi connectivity index (χ0v) is 14.7. The van der Waals surface area contributed by atoms with E-state index in [-0.39, 0.29) is 18.3 Å². The van der Waals surface area contributed by atoms with Crippen molar-refractivity contribution in [1.29, 1.82) is 0 Å². The summed E-state index contributed by atoms with van der Waals surface area (Å²) in [6, 6.07) is 11.0. The molecule has 0 bridgehead atoms. The summed E-state index contributed by atoms with van der Waals surface area (Å²) < 4.78 is 22.5. The van der Waals surface area contributed by atoms with Crippen LogP contribution < -0.4 is 10.1 Å². The molecule has 0 saturated carbocycles. The Bertz CT molecular complexity index is 899. The highest BCUT2D eigenvalue weighted by Crippen LogP contribution is 2.22. The van der Waals surface area contributed by atoms with Gasteiger partial charge in [0, 0.05) is 22.1 Å². The van der Waals surface area contributed by atoms with E-state index in [1.165, 1.54) is 12.1 Å². The minimum atomic E-state index is -0.352. The molecule has 0 atom stereocenters. The van der Waals surface area contributed by atoms with Crippen molar-refractivity contribution in [1.82, 2.24) is 9.36 Å². The van der Waals surface area contributed by atoms with Gasteiger partial charge in [-0.25, -0.2) is 4.39 Å². The molecule has 5 nitrogen and oxygen atoms in total. The summed E-state index contributed by atoms with van der Waals surface area (Å²) >= 11 is 6.99. The van der Waals surface area contributed by atoms with Crippen molar-refractivity contribution in [3.05, 3.63) is 58.9 Å². The smallest absolute Gasteiger partial charge is 0.264 e. The Balaban J connectivity index is 1.58. The van der Waals surface area contributed by atoms with E-state index in [0.29, 0.717) is 27.3 Å². The lowest BCUT2D eigenvalue weighted by Crippen LogP contribution is -2.20. The Labute approximate surface area is 152 Å². The third kappa shape index (κ3) is 4.52. The predicted octanol–water partition coefficient (Wildman–Crippen LogP) is 4.32. The number of rotatable bonds is 5. The van der Waals surface area contributed by atoms with E-state index < -0.39 is 0 Å². The van der Waals surface area contributed by atoms with Gasteiger partial charge in [0.25, 0.3) is 5.91 Å². The quantitative estimate of drug-likeness (QED) is 0.719. The van der Waals surface area contributed by atoms with Crippen molar-refractivity contribution in [2.45, 2.75) is 6.92 Å². The Morgan fingerprint density at radius 1 is 1.28 bits per heavy atom. The van der Waals surface area contributed by atoms with Crippen molar-refractivity contribution in [2.24, 2.45) is 0 Å². The molecule has 8 heteroatoms. The monoisotopic (exact) mass is 377 g/mol. The number of hydrogen-bond donors (Lipinski definition) is 1. The van der Waals surface area contributed by atoms with Crippen LogP contribution >= 0.6 is 23.1 Å². The van der Waals surface area contributed by atoms with Crippen molar-refractivity contribution in [3.8, 4) is 17.1 Å². The third-order valence-electron chi connectivity index (χ3n) is 3.27. The SMILES string of the molecule is Cc1cc(OCC(=O)Nc2nc(-c3ccc(F)cc3)ns2)ccc1Cl. The summed E-state index contributed by atoms with van der Waals surface area (Å²) in [6.45, 7) is 1.69. The van der Waals surface area contributed by atoms with Crippen LogP contribution in [-0.4, -0.2) is 21.9 Å². The molecule has 0 spiro atoms. The Morgan fingerprint density at radius 3 is 2.76 bits per heavy atom. The van der Waals surface area contributed by atoms with E-state index in [9.17, 15) is 9.18 Å². The van der Waals surface area contributed by atoms with Gasteiger partial charge in [-0.2, -0.15) is 9.36 Å². The van der Waals surface area contributed by atoms with Crippen LogP contribution in [-0.2, 0) is 4.79 Å². The van der Waals surface area contributed by atoms with Crippen LogP contribution in [0.3, 0.4) is 0 Å². The zero-order chi connectivity index (χ0) is 17.8. The number of carbonyl (C=O) groups is 1. The van der Waals surface area contributed by atoms with Gasteiger partial charge in [0.05, 0.1) is 0 Å². The molecular formula is C17H13ClFN3O2S. The highest BCUT2D eigenvalue weighted by atomic mass is 35.5. The largest absolute Gasteiger partial charge is 0.484 e. The molecule has 128 valence electrons. The maximum Gasteiger partial charge on any atom is 0.264 e. The van der Waals surface area contributed by atoms with E-state index in [2.05, 4.69) is 14.7 Å². The molecule has 0 aliphatic carbocycles. The average Bonchev–Trinajstić information content (AvgIpc) is 3.05. The first kappa shape index (κ1) is 17.3. The Kier molecular flexibility index (Phi) is 5.25. The van der Waals surface area contributed by atoms with Gasteiger partial charge in [0.1, 0.15) is 11.6 Å². The normalized spacial score (nSPS) is 10.5. The van der Waals surface area contributed by atoms with E-state index in [4.69, 9.17) is 16.3 Å². The van der Waals surface area contributed by atoms with Crippen molar-refractivity contribution >= 4 is 34.2 Å². The second-order valence-electron chi connectivity index (χ2n) is 5.18. The number of aromatic nitrogens is 2. The maximum absolute atomic E-state index is 12.9. The summed E-state index contributed by atoms with van der Waals surface area (Å²) in [7, 11) is 0. The Morgan fingerprint density at radius 2 is 2.04 bits per heavy atom. The van der Waals surface area contributed by atoms with Gasteiger partial charge in [-0.3, -0.25) is 10.1 Å². The minimum absolute atomic E-state index is 0.160. The molecule has 3 rings (SSSR count). The molecule has 0 saturated heterocycles. The number of anilines is 1. The van der Waals surface area contributed by atoms with Crippen LogP contribution in [0.4, 0.5) is 9.52 Å². The molecule has 0 radical (unpaired) electrons. The lowest BCUT2D eigenvalue weighted by molar-refractivity contribution is -0.118. The third-order valence-corrected chi connectivity index (χ3v) is 4.33. The number of halogens is 2. The fraction of sp³-hybridized carbons (Fsp3) is 0.118. The van der Waals surface area contributed by atoms with Gasteiger partial charge < -0.3 is 4.74 Å². The molecular weight excluding hydrogens is 365 g/mol. The first-order valence-corrected chi connectivity index (χ1v) is 8.45. The molecule has 2 aromatic carbocycles. The van der Waals surface area contributed by atoms with Gasteiger partial charge in [-0.1, -0.05) is 11.6 Å². The van der Waals surface area contributed by atoms with Crippen molar-refractivity contribution in [3.63, 3.8) is 0 Å². The van der Waals surface area contributed by atoms with Crippen molar-refractivity contribution in [2.75, 3.05) is 11.9 Å². The lowest BCUT2D eigenvalue weighted by Gasteiger charge is -2.07. The lowest BCUT2D eigenvalue weighted by atomic mass is 10.2. The molecule has 0 fully saturated rings. The van der Waals surface area contributed by atoms with Crippen LogP contribution in [0, 0.1) is 12.7 Å². The first-order chi connectivity index (χ1) is 12.0. The van der Waals surface area contributed by atoms with Crippen LogP contribution in [0.5, 0.6) is 5.75 Å². The van der Waals surface area contributed by atoms with Gasteiger partial charge in [0.15, 0.2) is 12.4 Å². The predicted molar refractivity (Wildman–Crippen MR) is 95.6 cm³/mol. The number of ether oxygens (including phenoxy) is 1. The summed E-state index contributed by atoms with van der Waals surface area (Å²) in [4.78, 5) is 16.2. The molecule has 1 heterocycles. The molecule has 1 N–H and O–H groups in total. The van der Waals surface area contributed by atoms with Gasteiger partial charge in [-0.05, 0) is 55.0 Å². The molecule has 0 aliphatic rings. The highest BCUT2D eigenvalue weighted by Gasteiger charge is 2.10. The summed E-state index contributed by atoms with van der Waals surface area (Å²) in [5.41, 5.74) is 1.54. The van der Waals surface area contributed by atoms with Crippen LogP contribution in [0.15, 0.2) is 42.5 Å². The fourth-order valence-electron chi connectivity index (χ4n) is 2.00. The number of aryl methyl sites for hydroxylation is 1. The number of amides is 1. The van der Waals surface area contributed by atoms with E-state index in [0.717, 1.165) is 17.1 Å². The van der Waals surface area contributed by atoms with Crippen LogP contribution in [0.1, 0.15) is 5.56 Å². The molecule has 1 amide bonds. The molecule has 1 aromatic heterocycles. The number of carbonyl (C=O) groups excluding carboxylic acids is 1. The summed E-state index contributed by atoms with van der Waals surface area (Å²) in [5.74, 6) is 0.298. The minimum Gasteiger partial charge on any atom is -0.484 e. The topological polar surface area (TPSA) is 64.1 Å². The van der Waals surface area contributed by atoms with E-state index in [1.54, 1.807) is 30.3 Å². The summed E-state index contributed by atoms with van der Waals surface area (Å²) in [6.07, 6.45) is 0. The molecule has 0 aliphatic heterocycles. The highest BCUT2D eigenvalue weighted by molar-refractivity contribution is 7.10. The van der Waals surface area contributed by atoms with E-state index in [1.807, 2.05) is 6.92 Å². The second-order valence-corrected chi connectivity index (χ2v) is 6.34. The average molecular weight is 378 g/mol. The van der Waals surface area contributed by atoms with Gasteiger partial charge in [-0.15, -0.1) is 0 Å². The van der Waals surface area contributed by atoms with Crippen molar-refractivity contribution < 1.29 is 13.9 Å². The summed E-state index contributed by atoms with van der Waals surface area (Å²) in [5, 5.41) is 3.61. The second kappa shape index (κ2) is 7.58. The fourth-order valence-corrected chi connectivity index (χ4v) is 2.73. The number of nitrogens with one attached hydrogen (secondary N) is 1. The molecule has 0 unspecified atom stereocenters. The van der Waals surface area contributed by atoms with Crippen LogP contribution in [0.2, 0.25) is 5.02 Å². The molecule has 25 heavy (non-hydrogen) atoms. The zero-order valence-electron chi connectivity index (χ0n) is 13.1. The standard InChI is InChI=1S/C17H13ClFN3O2S/c1-10-8-13(6-7-14(10)18)24-9-15(23)20-17-21-16(22-25-17)11-2-4-12(19)5-3-11/h2-8H,9H2,1H3,(H,20,21,22,23). The van der Waals surface area contributed by atoms with Gasteiger partial charge in [0.2, 0.25) is 5.13 Å². The Hall–Kier alpha value is -2.51. The first-order valence-electron chi connectivity index (χ1n) is 7.30.